The van der Waals surface area contributed by atoms with Crippen molar-refractivity contribution in [2.24, 2.45) is 5.92 Å². The molecule has 9 heteroatoms. The summed E-state index contributed by atoms with van der Waals surface area (Å²) in [5, 5.41) is 2.77. The van der Waals surface area contributed by atoms with E-state index in [1.54, 1.807) is 0 Å². The van der Waals surface area contributed by atoms with E-state index in [2.05, 4.69) is 5.32 Å². The van der Waals surface area contributed by atoms with Crippen LogP contribution in [0.4, 0.5) is 14.5 Å². The number of anilines is 1. The van der Waals surface area contributed by atoms with E-state index in [0.29, 0.717) is 30.0 Å². The van der Waals surface area contributed by atoms with E-state index in [-0.39, 0.29) is 30.4 Å². The van der Waals surface area contributed by atoms with E-state index in [0.717, 1.165) is 18.6 Å². The molecule has 0 saturated heterocycles. The SMILES string of the molecule is CC(C)CCNC(=O)CN1C(=O)COc2ccc(C(=O)COc3ccc(F)cc3F)cc21. The zero-order chi connectivity index (χ0) is 23.3. The van der Waals surface area contributed by atoms with Crippen LogP contribution in [-0.2, 0) is 9.59 Å². The molecule has 0 fully saturated rings. The summed E-state index contributed by atoms with van der Waals surface area (Å²) in [6, 6.07) is 7.22. The highest BCUT2D eigenvalue weighted by atomic mass is 19.1. The van der Waals surface area contributed by atoms with E-state index >= 15 is 0 Å². The Kier molecular flexibility index (Phi) is 7.40. The number of rotatable bonds is 9. The van der Waals surface area contributed by atoms with E-state index in [9.17, 15) is 23.2 Å². The minimum absolute atomic E-state index is 0.190. The lowest BCUT2D eigenvalue weighted by molar-refractivity contribution is -0.125. The van der Waals surface area contributed by atoms with Gasteiger partial charge in [-0.1, -0.05) is 13.8 Å². The molecule has 0 radical (unpaired) electrons. The van der Waals surface area contributed by atoms with Gasteiger partial charge in [-0.25, -0.2) is 8.78 Å². The average molecular weight is 446 g/mol. The van der Waals surface area contributed by atoms with E-state index in [1.165, 1.54) is 23.1 Å². The monoisotopic (exact) mass is 446 g/mol. The van der Waals surface area contributed by atoms with Crippen LogP contribution in [0.5, 0.6) is 11.5 Å². The molecule has 0 unspecified atom stereocenters. The van der Waals surface area contributed by atoms with Gasteiger partial charge < -0.3 is 14.8 Å². The molecule has 32 heavy (non-hydrogen) atoms. The number of Topliss-reactive ketones (excluding diaryl/α,β-unsaturated/α-hetero) is 1. The second-order valence-electron chi connectivity index (χ2n) is 7.77. The summed E-state index contributed by atoms with van der Waals surface area (Å²) in [7, 11) is 0. The largest absolute Gasteiger partial charge is 0.482 e. The number of hydrogen-bond acceptors (Lipinski definition) is 5. The molecule has 7 nitrogen and oxygen atoms in total. The predicted molar refractivity (Wildman–Crippen MR) is 113 cm³/mol. The van der Waals surface area contributed by atoms with Crippen molar-refractivity contribution in [3.8, 4) is 11.5 Å². The Hall–Kier alpha value is -3.49. The Labute approximate surface area is 184 Å². The van der Waals surface area contributed by atoms with Gasteiger partial charge in [0.2, 0.25) is 5.91 Å². The molecular formula is C23H24F2N2O5. The van der Waals surface area contributed by atoms with Gasteiger partial charge in [0.15, 0.2) is 30.6 Å². The van der Waals surface area contributed by atoms with Crippen LogP contribution in [0.2, 0.25) is 0 Å². The van der Waals surface area contributed by atoms with Crippen LogP contribution < -0.4 is 19.7 Å². The second kappa shape index (κ2) is 10.2. The number of nitrogens with one attached hydrogen (secondary N) is 1. The molecule has 2 aromatic carbocycles. The number of halogens is 2. The Balaban J connectivity index is 1.70. The highest BCUT2D eigenvalue weighted by Crippen LogP contribution is 2.33. The third-order valence-electron chi connectivity index (χ3n) is 4.82. The van der Waals surface area contributed by atoms with E-state index in [1.807, 2.05) is 13.8 Å². The van der Waals surface area contributed by atoms with E-state index < -0.39 is 29.9 Å². The first-order chi connectivity index (χ1) is 15.2. The molecule has 1 N–H and O–H groups in total. The van der Waals surface area contributed by atoms with Gasteiger partial charge in [0.25, 0.3) is 5.91 Å². The quantitative estimate of drug-likeness (QED) is 0.599. The van der Waals surface area contributed by atoms with Gasteiger partial charge in [0.05, 0.1) is 5.69 Å². The lowest BCUT2D eigenvalue weighted by atomic mass is 10.1. The Morgan fingerprint density at radius 1 is 1.19 bits per heavy atom. The molecule has 0 aliphatic carbocycles. The molecule has 2 amide bonds. The van der Waals surface area contributed by atoms with Gasteiger partial charge in [-0.15, -0.1) is 0 Å². The van der Waals surface area contributed by atoms with Crippen molar-refractivity contribution in [2.45, 2.75) is 20.3 Å². The van der Waals surface area contributed by atoms with Crippen molar-refractivity contribution in [3.63, 3.8) is 0 Å². The summed E-state index contributed by atoms with van der Waals surface area (Å²) in [5.41, 5.74) is 0.480. The highest BCUT2D eigenvalue weighted by molar-refractivity contribution is 6.04. The van der Waals surface area contributed by atoms with Gasteiger partial charge in [-0.2, -0.15) is 0 Å². The van der Waals surface area contributed by atoms with Gasteiger partial charge >= 0.3 is 0 Å². The van der Waals surface area contributed by atoms with Crippen LogP contribution in [0.3, 0.4) is 0 Å². The maximum Gasteiger partial charge on any atom is 0.265 e. The van der Waals surface area contributed by atoms with Gasteiger partial charge in [-0.3, -0.25) is 19.3 Å². The van der Waals surface area contributed by atoms with Crippen LogP contribution in [0.25, 0.3) is 0 Å². The van der Waals surface area contributed by atoms with Crippen LogP contribution in [0, 0.1) is 17.6 Å². The van der Waals surface area contributed by atoms with Crippen LogP contribution in [-0.4, -0.2) is 43.9 Å². The molecule has 3 rings (SSSR count). The fraction of sp³-hybridized carbons (Fsp3) is 0.348. The first-order valence-electron chi connectivity index (χ1n) is 10.2. The predicted octanol–water partition coefficient (Wildman–Crippen LogP) is 3.11. The number of fused-ring (bicyclic) bond motifs is 1. The number of nitrogens with zero attached hydrogens (tertiary/aromatic N) is 1. The number of benzene rings is 2. The minimum Gasteiger partial charge on any atom is -0.482 e. The lowest BCUT2D eigenvalue weighted by Crippen LogP contribution is -2.45. The third-order valence-corrected chi connectivity index (χ3v) is 4.82. The van der Waals surface area contributed by atoms with Gasteiger partial charge in [-0.05, 0) is 42.7 Å². The lowest BCUT2D eigenvalue weighted by Gasteiger charge is -2.29. The summed E-state index contributed by atoms with van der Waals surface area (Å²) in [6.45, 7) is 3.67. The molecule has 0 saturated carbocycles. The molecule has 0 atom stereocenters. The van der Waals surface area contributed by atoms with Crippen LogP contribution >= 0.6 is 0 Å². The van der Waals surface area contributed by atoms with Crippen molar-refractivity contribution < 1.29 is 32.6 Å². The molecule has 1 aliphatic heterocycles. The molecule has 0 spiro atoms. The summed E-state index contributed by atoms with van der Waals surface area (Å²) < 4.78 is 37.3. The minimum atomic E-state index is -0.920. The van der Waals surface area contributed by atoms with E-state index in [4.69, 9.17) is 9.47 Å². The molecule has 2 aromatic rings. The van der Waals surface area contributed by atoms with Crippen LogP contribution in [0.1, 0.15) is 30.6 Å². The molecule has 170 valence electrons. The van der Waals surface area contributed by atoms with Crippen molar-refractivity contribution in [2.75, 3.05) is 31.2 Å². The molecule has 1 heterocycles. The fourth-order valence-electron chi connectivity index (χ4n) is 3.07. The molecule has 1 aliphatic rings. The first-order valence-corrected chi connectivity index (χ1v) is 10.2. The summed E-state index contributed by atoms with van der Waals surface area (Å²) >= 11 is 0. The Morgan fingerprint density at radius 3 is 2.69 bits per heavy atom. The maximum atomic E-state index is 13.7. The fourth-order valence-corrected chi connectivity index (χ4v) is 3.07. The topological polar surface area (TPSA) is 84.9 Å². The van der Waals surface area contributed by atoms with Crippen LogP contribution in [0.15, 0.2) is 36.4 Å². The standard InChI is InChI=1S/C23H24F2N2O5/c1-14(2)7-8-26-22(29)11-27-18-9-15(3-5-21(18)32-13-23(27)30)19(28)12-31-20-6-4-16(24)10-17(20)25/h3-6,9-10,14H,7-8,11-13H2,1-2H3,(H,26,29). The molecule has 0 bridgehead atoms. The third kappa shape index (κ3) is 5.81. The summed E-state index contributed by atoms with van der Waals surface area (Å²) in [6.07, 6.45) is 0.812. The zero-order valence-corrected chi connectivity index (χ0v) is 17.8. The Bertz CT molecular complexity index is 1030. The summed E-state index contributed by atoms with van der Waals surface area (Å²) in [5.74, 6) is -2.36. The first kappa shape index (κ1) is 23.2. The Morgan fingerprint density at radius 2 is 1.97 bits per heavy atom. The van der Waals surface area contributed by atoms with Gasteiger partial charge in [0.1, 0.15) is 18.1 Å². The number of carbonyl (C=O) groups is 3. The molecular weight excluding hydrogens is 422 g/mol. The number of amides is 2. The number of ketones is 1. The van der Waals surface area contributed by atoms with Crippen molar-refractivity contribution in [1.82, 2.24) is 5.32 Å². The highest BCUT2D eigenvalue weighted by Gasteiger charge is 2.28. The normalized spacial score (nSPS) is 12.9. The smallest absolute Gasteiger partial charge is 0.265 e. The number of ether oxygens (including phenoxy) is 2. The van der Waals surface area contributed by atoms with Crippen molar-refractivity contribution in [3.05, 3.63) is 53.6 Å². The maximum absolute atomic E-state index is 13.7. The second-order valence-corrected chi connectivity index (χ2v) is 7.77. The van der Waals surface area contributed by atoms with Crippen molar-refractivity contribution in [1.29, 1.82) is 0 Å². The van der Waals surface area contributed by atoms with Crippen molar-refractivity contribution >= 4 is 23.3 Å². The van der Waals surface area contributed by atoms with Gasteiger partial charge in [0, 0.05) is 18.2 Å². The molecule has 0 aromatic heterocycles. The summed E-state index contributed by atoms with van der Waals surface area (Å²) in [4.78, 5) is 38.5. The number of carbonyl (C=O) groups excluding carboxylic acids is 3. The zero-order valence-electron chi connectivity index (χ0n) is 17.8. The number of hydrogen-bond donors (Lipinski definition) is 1. The average Bonchev–Trinajstić information content (AvgIpc) is 2.74.